The quantitative estimate of drug-likeness (QED) is 0.329. The second-order valence-corrected chi connectivity index (χ2v) is 8.35. The molecule has 3 aromatic rings. The first-order valence-corrected chi connectivity index (χ1v) is 11.1. The second kappa shape index (κ2) is 11.7. The van der Waals surface area contributed by atoms with Crippen LogP contribution in [0.25, 0.3) is 0 Å². The van der Waals surface area contributed by atoms with Gasteiger partial charge in [0.1, 0.15) is 10.8 Å². The zero-order valence-corrected chi connectivity index (χ0v) is 18.9. The highest BCUT2D eigenvalue weighted by Crippen LogP contribution is 2.20. The molecule has 12 heteroatoms. The molecule has 3 rings (SSSR count). The van der Waals surface area contributed by atoms with Crippen LogP contribution < -0.4 is 10.6 Å². The van der Waals surface area contributed by atoms with Crippen molar-refractivity contribution in [2.45, 2.75) is 26.4 Å². The van der Waals surface area contributed by atoms with Gasteiger partial charge in [0.25, 0.3) is 5.91 Å². The molecule has 0 fully saturated rings. The summed E-state index contributed by atoms with van der Waals surface area (Å²) in [5.41, 5.74) is 0.258. The molecule has 0 saturated heterocycles. The van der Waals surface area contributed by atoms with Crippen molar-refractivity contribution in [3.8, 4) is 0 Å². The summed E-state index contributed by atoms with van der Waals surface area (Å²) in [6.45, 7) is 2.60. The normalized spacial score (nSPS) is 11.0. The number of halogens is 4. The Morgan fingerprint density at radius 2 is 1.74 bits per heavy atom. The van der Waals surface area contributed by atoms with Gasteiger partial charge in [0.05, 0.1) is 18.8 Å². The van der Waals surface area contributed by atoms with Crippen LogP contribution in [-0.2, 0) is 17.9 Å². The molecule has 2 aromatic carbocycles. The number of anilines is 1. The number of aromatic nitrogens is 2. The summed E-state index contributed by atoms with van der Waals surface area (Å²) < 4.78 is 53.2. The van der Waals surface area contributed by atoms with Gasteiger partial charge in [-0.05, 0) is 42.8 Å². The third kappa shape index (κ3) is 6.81. The first-order chi connectivity index (χ1) is 16.3. The minimum atomic E-state index is -1.66. The van der Waals surface area contributed by atoms with E-state index >= 15 is 0 Å². The number of amides is 2. The zero-order valence-electron chi connectivity index (χ0n) is 18.1. The van der Waals surface area contributed by atoms with E-state index in [-0.39, 0.29) is 30.5 Å². The molecule has 0 saturated carbocycles. The van der Waals surface area contributed by atoms with Crippen molar-refractivity contribution in [1.82, 2.24) is 20.4 Å². The lowest BCUT2D eigenvalue weighted by Gasteiger charge is -2.19. The molecule has 34 heavy (non-hydrogen) atoms. The maximum atomic E-state index is 13.8. The first kappa shape index (κ1) is 25.2. The second-order valence-electron chi connectivity index (χ2n) is 7.29. The largest absolute Gasteiger partial charge is 0.346 e. The van der Waals surface area contributed by atoms with Gasteiger partial charge in [-0.15, -0.1) is 10.2 Å². The summed E-state index contributed by atoms with van der Waals surface area (Å²) in [4.78, 5) is 26.4. The van der Waals surface area contributed by atoms with E-state index < -0.39 is 35.0 Å². The van der Waals surface area contributed by atoms with Crippen LogP contribution in [-0.4, -0.2) is 40.0 Å². The van der Waals surface area contributed by atoms with Crippen LogP contribution >= 0.6 is 11.3 Å². The molecule has 0 aliphatic rings. The number of hydrogen-bond donors (Lipinski definition) is 2. The summed E-state index contributed by atoms with van der Waals surface area (Å²) in [7, 11) is 0. The molecule has 0 unspecified atom stereocenters. The average Bonchev–Trinajstić information content (AvgIpc) is 3.27. The number of nitrogens with zero attached hydrogens (tertiary/aromatic N) is 3. The van der Waals surface area contributed by atoms with Crippen molar-refractivity contribution in [2.75, 3.05) is 18.4 Å². The third-order valence-electron chi connectivity index (χ3n) is 4.60. The van der Waals surface area contributed by atoms with E-state index in [2.05, 4.69) is 20.8 Å². The van der Waals surface area contributed by atoms with Crippen LogP contribution in [0.15, 0.2) is 36.4 Å². The number of benzene rings is 2. The number of rotatable bonds is 10. The van der Waals surface area contributed by atoms with Crippen LogP contribution in [0.3, 0.4) is 0 Å². The van der Waals surface area contributed by atoms with Gasteiger partial charge in [-0.25, -0.2) is 17.6 Å². The average molecular weight is 496 g/mol. The Morgan fingerprint density at radius 1 is 1.00 bits per heavy atom. The van der Waals surface area contributed by atoms with Crippen LogP contribution in [0, 0.1) is 23.3 Å². The van der Waals surface area contributed by atoms with Gasteiger partial charge >= 0.3 is 0 Å². The molecule has 0 radical (unpaired) electrons. The zero-order chi connectivity index (χ0) is 24.7. The van der Waals surface area contributed by atoms with E-state index in [4.69, 9.17) is 0 Å². The molecule has 0 bridgehead atoms. The van der Waals surface area contributed by atoms with E-state index in [1.165, 1.54) is 12.1 Å². The Balaban J connectivity index is 1.57. The van der Waals surface area contributed by atoms with Crippen molar-refractivity contribution < 1.29 is 27.2 Å². The lowest BCUT2D eigenvalue weighted by atomic mass is 10.2. The molecule has 0 spiro atoms. The summed E-state index contributed by atoms with van der Waals surface area (Å²) in [5, 5.41) is 13.4. The lowest BCUT2D eigenvalue weighted by molar-refractivity contribution is -0.117. The van der Waals surface area contributed by atoms with Gasteiger partial charge in [-0.2, -0.15) is 0 Å². The Bertz CT molecular complexity index is 1160. The van der Waals surface area contributed by atoms with Gasteiger partial charge < -0.3 is 10.6 Å². The van der Waals surface area contributed by atoms with E-state index in [1.807, 2.05) is 6.92 Å². The summed E-state index contributed by atoms with van der Waals surface area (Å²) >= 11 is 1.05. The smallest absolute Gasteiger partial charge is 0.282 e. The summed E-state index contributed by atoms with van der Waals surface area (Å²) in [5.74, 6) is -5.93. The highest BCUT2D eigenvalue weighted by atomic mass is 32.1. The van der Waals surface area contributed by atoms with Crippen LogP contribution in [0.1, 0.15) is 33.7 Å². The van der Waals surface area contributed by atoms with Crippen LogP contribution in [0.2, 0.25) is 0 Å². The molecule has 0 aliphatic heterocycles. The highest BCUT2D eigenvalue weighted by Gasteiger charge is 2.19. The molecule has 2 N–H and O–H groups in total. The van der Waals surface area contributed by atoms with Gasteiger partial charge in [-0.1, -0.05) is 30.4 Å². The molecular weight excluding hydrogens is 474 g/mol. The molecule has 0 aliphatic carbocycles. The minimum Gasteiger partial charge on any atom is -0.346 e. The fourth-order valence-electron chi connectivity index (χ4n) is 3.01. The van der Waals surface area contributed by atoms with Crippen molar-refractivity contribution in [2.24, 2.45) is 0 Å². The molecule has 1 heterocycles. The Hall–Kier alpha value is -3.38. The van der Waals surface area contributed by atoms with Crippen molar-refractivity contribution in [1.29, 1.82) is 0 Å². The monoisotopic (exact) mass is 495 g/mol. The number of hydrogen-bond acceptors (Lipinski definition) is 6. The lowest BCUT2D eigenvalue weighted by Crippen LogP contribution is -2.33. The minimum absolute atomic E-state index is 0.127. The topological polar surface area (TPSA) is 87.2 Å². The summed E-state index contributed by atoms with van der Waals surface area (Å²) in [6.07, 6.45) is 0.691. The Morgan fingerprint density at radius 3 is 2.44 bits per heavy atom. The van der Waals surface area contributed by atoms with Crippen LogP contribution in [0.4, 0.5) is 23.2 Å². The molecule has 1 aromatic heterocycles. The molecule has 0 atom stereocenters. The van der Waals surface area contributed by atoms with E-state index in [0.29, 0.717) is 18.0 Å². The highest BCUT2D eigenvalue weighted by molar-refractivity contribution is 7.13. The van der Waals surface area contributed by atoms with Crippen molar-refractivity contribution in [3.05, 3.63) is 75.2 Å². The first-order valence-electron chi connectivity index (χ1n) is 10.3. The predicted molar refractivity (Wildman–Crippen MR) is 118 cm³/mol. The molecule has 7 nitrogen and oxygen atoms in total. The maximum Gasteiger partial charge on any atom is 0.282 e. The fourth-order valence-corrected chi connectivity index (χ4v) is 3.80. The Labute approximate surface area is 196 Å². The van der Waals surface area contributed by atoms with Gasteiger partial charge in [-0.3, -0.25) is 14.5 Å². The molecule has 180 valence electrons. The van der Waals surface area contributed by atoms with Crippen molar-refractivity contribution >= 4 is 28.8 Å². The van der Waals surface area contributed by atoms with Gasteiger partial charge in [0, 0.05) is 6.54 Å². The fraction of sp³-hybridized carbons (Fsp3) is 0.273. The van der Waals surface area contributed by atoms with Crippen molar-refractivity contribution in [3.63, 3.8) is 0 Å². The SMILES string of the molecule is CCCN(CC(=O)Nc1ccc(F)c(F)c1F)Cc1nnc(C(=O)NCc2ccc(F)cc2)s1. The standard InChI is InChI=1S/C22H21F4N5O2S/c1-2-9-31(11-17(32)28-16-8-7-15(24)19(25)20(16)26)12-18-29-30-22(34-18)21(33)27-10-13-3-5-14(23)6-4-13/h3-8H,2,9-12H2,1H3,(H,27,33)(H,28,32). The summed E-state index contributed by atoms with van der Waals surface area (Å²) in [6, 6.07) is 7.37. The molecule has 2 amide bonds. The van der Waals surface area contributed by atoms with E-state index in [1.54, 1.807) is 17.0 Å². The van der Waals surface area contributed by atoms with E-state index in [9.17, 15) is 27.2 Å². The molecular formula is C22H21F4N5O2S. The Kier molecular flexibility index (Phi) is 8.66. The van der Waals surface area contributed by atoms with Gasteiger partial charge in [0.15, 0.2) is 17.5 Å². The number of carbonyl (C=O) groups is 2. The number of nitrogens with one attached hydrogen (secondary N) is 2. The maximum absolute atomic E-state index is 13.8. The van der Waals surface area contributed by atoms with Gasteiger partial charge in [0.2, 0.25) is 10.9 Å². The third-order valence-corrected chi connectivity index (χ3v) is 5.51. The van der Waals surface area contributed by atoms with Crippen LogP contribution in [0.5, 0.6) is 0 Å². The predicted octanol–water partition coefficient (Wildman–Crippen LogP) is 3.88. The van der Waals surface area contributed by atoms with E-state index in [0.717, 1.165) is 29.0 Å². The number of carbonyl (C=O) groups excluding carboxylic acids is 2.